The van der Waals surface area contributed by atoms with Gasteiger partial charge < -0.3 is 5.73 Å². The van der Waals surface area contributed by atoms with Gasteiger partial charge in [-0.15, -0.1) is 0 Å². The maximum absolute atomic E-state index is 10.6. The standard InChI is InChI=1S/C7H12N2O/c1-5-2-3-6(4-9-5)7(8)10/h6H,2-4H2,1H3,(H2,8,10). The van der Waals surface area contributed by atoms with Crippen LogP contribution in [0.15, 0.2) is 4.99 Å². The van der Waals surface area contributed by atoms with Crippen LogP contribution in [0.5, 0.6) is 0 Å². The Bertz CT molecular complexity index is 174. The van der Waals surface area contributed by atoms with Gasteiger partial charge in [0.15, 0.2) is 0 Å². The number of hydrogen-bond donors (Lipinski definition) is 1. The van der Waals surface area contributed by atoms with Crippen LogP contribution >= 0.6 is 0 Å². The van der Waals surface area contributed by atoms with Gasteiger partial charge in [0.05, 0.1) is 12.5 Å². The Morgan fingerprint density at radius 2 is 2.50 bits per heavy atom. The summed E-state index contributed by atoms with van der Waals surface area (Å²) < 4.78 is 0. The Balaban J connectivity index is 2.50. The summed E-state index contributed by atoms with van der Waals surface area (Å²) >= 11 is 0. The molecule has 1 aliphatic rings. The predicted octanol–water partition coefficient (Wildman–Crippen LogP) is 0.343. The van der Waals surface area contributed by atoms with Gasteiger partial charge in [0.1, 0.15) is 0 Å². The summed E-state index contributed by atoms with van der Waals surface area (Å²) in [6, 6.07) is 0. The highest BCUT2D eigenvalue weighted by molar-refractivity contribution is 5.85. The zero-order valence-electron chi connectivity index (χ0n) is 6.13. The molecule has 0 aromatic rings. The third kappa shape index (κ3) is 1.56. The molecule has 0 aromatic carbocycles. The van der Waals surface area contributed by atoms with Crippen molar-refractivity contribution < 1.29 is 4.79 Å². The van der Waals surface area contributed by atoms with Gasteiger partial charge in [-0.25, -0.2) is 0 Å². The number of carbonyl (C=O) groups is 1. The average molecular weight is 140 g/mol. The van der Waals surface area contributed by atoms with E-state index in [-0.39, 0.29) is 11.8 Å². The van der Waals surface area contributed by atoms with Crippen LogP contribution in [0, 0.1) is 5.92 Å². The highest BCUT2D eigenvalue weighted by atomic mass is 16.1. The number of primary amides is 1. The Morgan fingerprint density at radius 3 is 2.90 bits per heavy atom. The van der Waals surface area contributed by atoms with Crippen LogP contribution in [-0.2, 0) is 4.79 Å². The first-order chi connectivity index (χ1) is 4.70. The molecule has 3 nitrogen and oxygen atoms in total. The average Bonchev–Trinajstić information content (AvgIpc) is 1.88. The largest absolute Gasteiger partial charge is 0.369 e. The molecule has 1 rings (SSSR count). The van der Waals surface area contributed by atoms with Crippen LogP contribution in [0.1, 0.15) is 19.8 Å². The molecule has 1 heterocycles. The van der Waals surface area contributed by atoms with E-state index in [0.717, 1.165) is 18.6 Å². The Morgan fingerprint density at radius 1 is 1.80 bits per heavy atom. The van der Waals surface area contributed by atoms with Crippen molar-refractivity contribution in [2.75, 3.05) is 6.54 Å². The quantitative estimate of drug-likeness (QED) is 0.561. The second-order valence-electron chi connectivity index (χ2n) is 2.71. The predicted molar refractivity (Wildman–Crippen MR) is 39.9 cm³/mol. The smallest absolute Gasteiger partial charge is 0.222 e. The lowest BCUT2D eigenvalue weighted by molar-refractivity contribution is -0.121. The minimum Gasteiger partial charge on any atom is -0.369 e. The molecule has 0 aromatic heterocycles. The van der Waals surface area contributed by atoms with E-state index in [9.17, 15) is 4.79 Å². The molecule has 0 spiro atoms. The van der Waals surface area contributed by atoms with Gasteiger partial charge in [0, 0.05) is 5.71 Å². The lowest BCUT2D eigenvalue weighted by atomic mass is 9.98. The molecule has 0 saturated heterocycles. The molecule has 0 aliphatic carbocycles. The van der Waals surface area contributed by atoms with E-state index < -0.39 is 0 Å². The molecular formula is C7H12N2O. The van der Waals surface area contributed by atoms with Gasteiger partial charge in [0.25, 0.3) is 0 Å². The van der Waals surface area contributed by atoms with Crippen LogP contribution < -0.4 is 5.73 Å². The van der Waals surface area contributed by atoms with Crippen molar-refractivity contribution in [3.63, 3.8) is 0 Å². The summed E-state index contributed by atoms with van der Waals surface area (Å²) in [5.74, 6) is -0.222. The van der Waals surface area contributed by atoms with Crippen LogP contribution in [-0.4, -0.2) is 18.2 Å². The summed E-state index contributed by atoms with van der Waals surface area (Å²) in [5, 5.41) is 0. The summed E-state index contributed by atoms with van der Waals surface area (Å²) in [6.45, 7) is 2.58. The maximum atomic E-state index is 10.6. The monoisotopic (exact) mass is 140 g/mol. The van der Waals surface area contributed by atoms with Gasteiger partial charge in [-0.3, -0.25) is 9.79 Å². The number of nitrogens with zero attached hydrogens (tertiary/aromatic N) is 1. The van der Waals surface area contributed by atoms with Crippen molar-refractivity contribution >= 4 is 11.6 Å². The molecule has 0 saturated carbocycles. The highest BCUT2D eigenvalue weighted by Gasteiger charge is 2.17. The van der Waals surface area contributed by atoms with Crippen molar-refractivity contribution in [3.8, 4) is 0 Å². The number of aliphatic imine (C=N–C) groups is 1. The SMILES string of the molecule is CC1=NCC(C(N)=O)CC1. The third-order valence-electron chi connectivity index (χ3n) is 1.84. The third-order valence-corrected chi connectivity index (χ3v) is 1.84. The van der Waals surface area contributed by atoms with E-state index >= 15 is 0 Å². The molecule has 3 heteroatoms. The van der Waals surface area contributed by atoms with E-state index in [1.807, 2.05) is 6.92 Å². The molecule has 1 atom stereocenters. The normalized spacial score (nSPS) is 25.7. The first kappa shape index (κ1) is 7.25. The summed E-state index contributed by atoms with van der Waals surface area (Å²) in [5.41, 5.74) is 6.24. The number of carbonyl (C=O) groups excluding carboxylic acids is 1. The van der Waals surface area contributed by atoms with Crippen molar-refractivity contribution in [1.29, 1.82) is 0 Å². The van der Waals surface area contributed by atoms with Crippen LogP contribution in [0.2, 0.25) is 0 Å². The number of hydrogen-bond acceptors (Lipinski definition) is 2. The second-order valence-corrected chi connectivity index (χ2v) is 2.71. The Hall–Kier alpha value is -0.860. The molecular weight excluding hydrogens is 128 g/mol. The van der Waals surface area contributed by atoms with Crippen molar-refractivity contribution in [2.45, 2.75) is 19.8 Å². The fourth-order valence-corrected chi connectivity index (χ4v) is 1.05. The lowest BCUT2D eigenvalue weighted by Gasteiger charge is -2.15. The molecule has 2 N–H and O–H groups in total. The lowest BCUT2D eigenvalue weighted by Crippen LogP contribution is -2.28. The Labute approximate surface area is 60.3 Å². The second kappa shape index (κ2) is 2.82. The topological polar surface area (TPSA) is 55.4 Å². The zero-order valence-corrected chi connectivity index (χ0v) is 6.13. The molecule has 56 valence electrons. The van der Waals surface area contributed by atoms with E-state index in [4.69, 9.17) is 5.73 Å². The zero-order chi connectivity index (χ0) is 7.56. The van der Waals surface area contributed by atoms with Crippen LogP contribution in [0.3, 0.4) is 0 Å². The maximum Gasteiger partial charge on any atom is 0.222 e. The minimum absolute atomic E-state index is 0.0105. The van der Waals surface area contributed by atoms with E-state index in [2.05, 4.69) is 4.99 Å². The summed E-state index contributed by atoms with van der Waals surface area (Å²) in [6.07, 6.45) is 1.80. The van der Waals surface area contributed by atoms with Crippen molar-refractivity contribution in [2.24, 2.45) is 16.6 Å². The van der Waals surface area contributed by atoms with Gasteiger partial charge in [0.2, 0.25) is 5.91 Å². The number of nitrogens with two attached hydrogens (primary N) is 1. The molecule has 0 fully saturated rings. The molecule has 1 amide bonds. The van der Waals surface area contributed by atoms with Crippen LogP contribution in [0.4, 0.5) is 0 Å². The highest BCUT2D eigenvalue weighted by Crippen LogP contribution is 2.12. The Kier molecular flexibility index (Phi) is 2.04. The molecule has 0 bridgehead atoms. The van der Waals surface area contributed by atoms with Gasteiger partial charge >= 0.3 is 0 Å². The number of amides is 1. The van der Waals surface area contributed by atoms with Crippen molar-refractivity contribution in [1.82, 2.24) is 0 Å². The summed E-state index contributed by atoms with van der Waals surface area (Å²) in [4.78, 5) is 14.8. The fraction of sp³-hybridized carbons (Fsp3) is 0.714. The molecule has 1 unspecified atom stereocenters. The van der Waals surface area contributed by atoms with E-state index in [1.165, 1.54) is 0 Å². The van der Waals surface area contributed by atoms with Crippen molar-refractivity contribution in [3.05, 3.63) is 0 Å². The summed E-state index contributed by atoms with van der Waals surface area (Å²) in [7, 11) is 0. The first-order valence-corrected chi connectivity index (χ1v) is 3.49. The van der Waals surface area contributed by atoms with Gasteiger partial charge in [-0.05, 0) is 19.8 Å². The van der Waals surface area contributed by atoms with E-state index in [1.54, 1.807) is 0 Å². The van der Waals surface area contributed by atoms with Crippen LogP contribution in [0.25, 0.3) is 0 Å². The molecule has 10 heavy (non-hydrogen) atoms. The van der Waals surface area contributed by atoms with E-state index in [0.29, 0.717) is 6.54 Å². The van der Waals surface area contributed by atoms with Gasteiger partial charge in [-0.1, -0.05) is 0 Å². The molecule has 0 radical (unpaired) electrons. The molecule has 1 aliphatic heterocycles. The van der Waals surface area contributed by atoms with Gasteiger partial charge in [-0.2, -0.15) is 0 Å². The first-order valence-electron chi connectivity index (χ1n) is 3.49. The number of rotatable bonds is 1. The minimum atomic E-state index is -0.212. The fourth-order valence-electron chi connectivity index (χ4n) is 1.05.